The van der Waals surface area contributed by atoms with Gasteiger partial charge in [-0.05, 0) is 47.9 Å². The van der Waals surface area contributed by atoms with Crippen molar-refractivity contribution < 1.29 is 14.3 Å². The summed E-state index contributed by atoms with van der Waals surface area (Å²) in [5.74, 6) is 1.02. The van der Waals surface area contributed by atoms with Gasteiger partial charge in [-0.1, -0.05) is 58.4 Å². The molecule has 0 radical (unpaired) electrons. The molecule has 0 atom stereocenters. The zero-order valence-electron chi connectivity index (χ0n) is 14.2. The average molecular weight is 419 g/mol. The zero-order chi connectivity index (χ0) is 18.8. The van der Waals surface area contributed by atoms with Crippen molar-refractivity contribution in [2.45, 2.75) is 0 Å². The molecule has 3 aromatic carbocycles. The largest absolute Gasteiger partial charge is 0.507 e. The molecule has 0 fully saturated rings. The van der Waals surface area contributed by atoms with Gasteiger partial charge in [0.05, 0.1) is 5.56 Å². The van der Waals surface area contributed by atoms with Crippen molar-refractivity contribution in [1.82, 2.24) is 0 Å². The Hall–Kier alpha value is -3.11. The molecule has 0 aliphatic heterocycles. The van der Waals surface area contributed by atoms with Gasteiger partial charge in [-0.25, -0.2) is 0 Å². The van der Waals surface area contributed by atoms with Crippen LogP contribution in [-0.4, -0.2) is 10.9 Å². The minimum Gasteiger partial charge on any atom is -0.507 e. The average Bonchev–Trinajstić information content (AvgIpc) is 3.16. The summed E-state index contributed by atoms with van der Waals surface area (Å²) in [4.78, 5) is 12.5. The predicted octanol–water partition coefficient (Wildman–Crippen LogP) is 6.46. The Kier molecular flexibility index (Phi) is 4.65. The van der Waals surface area contributed by atoms with E-state index >= 15 is 0 Å². The maximum Gasteiger partial charge on any atom is 0.189 e. The Bertz CT molecular complexity index is 1150. The first-order chi connectivity index (χ1) is 13.1. The van der Waals surface area contributed by atoms with Gasteiger partial charge in [0.1, 0.15) is 17.3 Å². The van der Waals surface area contributed by atoms with Crippen LogP contribution >= 0.6 is 15.9 Å². The third kappa shape index (κ3) is 3.57. The van der Waals surface area contributed by atoms with Crippen LogP contribution in [0.25, 0.3) is 28.2 Å². The van der Waals surface area contributed by atoms with E-state index in [2.05, 4.69) is 15.9 Å². The van der Waals surface area contributed by atoms with Crippen LogP contribution < -0.4 is 0 Å². The molecular weight excluding hydrogens is 404 g/mol. The molecule has 0 unspecified atom stereocenters. The van der Waals surface area contributed by atoms with Gasteiger partial charge >= 0.3 is 0 Å². The SMILES string of the molecule is O=C(/C=C/c1ccc(-c2ccc(Br)cc2)o1)c1ccc2ccccc2c1O. The Morgan fingerprint density at radius 1 is 0.926 bits per heavy atom. The molecule has 0 aliphatic rings. The second-order valence-corrected chi connectivity index (χ2v) is 7.01. The molecule has 0 spiro atoms. The normalized spacial score (nSPS) is 11.3. The molecule has 132 valence electrons. The number of ketones is 1. The van der Waals surface area contributed by atoms with E-state index < -0.39 is 0 Å². The van der Waals surface area contributed by atoms with E-state index in [-0.39, 0.29) is 17.1 Å². The van der Waals surface area contributed by atoms with E-state index in [9.17, 15) is 9.90 Å². The fourth-order valence-electron chi connectivity index (χ4n) is 2.91. The molecule has 27 heavy (non-hydrogen) atoms. The number of aromatic hydroxyl groups is 1. The van der Waals surface area contributed by atoms with Crippen molar-refractivity contribution >= 4 is 38.6 Å². The Morgan fingerprint density at radius 2 is 1.70 bits per heavy atom. The summed E-state index contributed by atoms with van der Waals surface area (Å²) < 4.78 is 6.78. The molecular formula is C23H15BrO3. The van der Waals surface area contributed by atoms with Gasteiger partial charge in [0.25, 0.3) is 0 Å². The molecule has 1 N–H and O–H groups in total. The lowest BCUT2D eigenvalue weighted by molar-refractivity contribution is 0.104. The third-order valence-corrected chi connectivity index (χ3v) is 4.85. The highest BCUT2D eigenvalue weighted by molar-refractivity contribution is 9.10. The monoisotopic (exact) mass is 418 g/mol. The van der Waals surface area contributed by atoms with E-state index in [0.29, 0.717) is 11.1 Å². The van der Waals surface area contributed by atoms with Crippen LogP contribution in [0.3, 0.4) is 0 Å². The molecule has 0 aliphatic carbocycles. The highest BCUT2D eigenvalue weighted by atomic mass is 79.9. The van der Waals surface area contributed by atoms with Gasteiger partial charge in [0, 0.05) is 15.4 Å². The van der Waals surface area contributed by atoms with Gasteiger partial charge in [0.2, 0.25) is 0 Å². The van der Waals surface area contributed by atoms with E-state index in [1.165, 1.54) is 6.08 Å². The van der Waals surface area contributed by atoms with E-state index in [1.807, 2.05) is 54.6 Å². The maximum atomic E-state index is 12.5. The number of phenolic OH excluding ortho intramolecular Hbond substituents is 1. The summed E-state index contributed by atoms with van der Waals surface area (Å²) >= 11 is 3.41. The third-order valence-electron chi connectivity index (χ3n) is 4.32. The summed E-state index contributed by atoms with van der Waals surface area (Å²) in [5, 5.41) is 12.0. The van der Waals surface area contributed by atoms with Gasteiger partial charge in [-0.15, -0.1) is 0 Å². The number of halogens is 1. The molecule has 0 saturated carbocycles. The number of carbonyl (C=O) groups is 1. The Morgan fingerprint density at radius 3 is 2.52 bits per heavy atom. The Balaban J connectivity index is 1.57. The summed E-state index contributed by atoms with van der Waals surface area (Å²) in [7, 11) is 0. The number of hydrogen-bond donors (Lipinski definition) is 1. The highest BCUT2D eigenvalue weighted by Gasteiger charge is 2.11. The van der Waals surface area contributed by atoms with Crippen LogP contribution in [-0.2, 0) is 0 Å². The van der Waals surface area contributed by atoms with Crippen molar-refractivity contribution in [2.24, 2.45) is 0 Å². The first-order valence-electron chi connectivity index (χ1n) is 8.41. The number of phenols is 1. The van der Waals surface area contributed by atoms with Crippen LogP contribution in [0.5, 0.6) is 5.75 Å². The second-order valence-electron chi connectivity index (χ2n) is 6.09. The fraction of sp³-hybridized carbons (Fsp3) is 0. The number of hydrogen-bond acceptors (Lipinski definition) is 3. The Labute approximate surface area is 164 Å². The molecule has 0 saturated heterocycles. The number of carbonyl (C=O) groups excluding carboxylic acids is 1. The first kappa shape index (κ1) is 17.3. The van der Waals surface area contributed by atoms with Crippen LogP contribution in [0.1, 0.15) is 16.1 Å². The molecule has 4 rings (SSSR count). The van der Waals surface area contributed by atoms with Gasteiger partial charge < -0.3 is 9.52 Å². The smallest absolute Gasteiger partial charge is 0.189 e. The lowest BCUT2D eigenvalue weighted by Gasteiger charge is -2.05. The molecule has 1 aromatic heterocycles. The van der Waals surface area contributed by atoms with Crippen molar-refractivity contribution in [2.75, 3.05) is 0 Å². The standard InChI is InChI=1S/C23H15BrO3/c24-17-8-5-16(6-9-17)22-14-11-18(27-22)10-13-21(25)20-12-7-15-3-1-2-4-19(15)23(20)26/h1-14,26H/b13-10+. The molecule has 0 amide bonds. The number of rotatable bonds is 4. The molecule has 3 nitrogen and oxygen atoms in total. The number of benzene rings is 3. The molecule has 0 bridgehead atoms. The van der Waals surface area contributed by atoms with Crippen LogP contribution in [0.2, 0.25) is 0 Å². The lowest BCUT2D eigenvalue weighted by atomic mass is 10.0. The number of allylic oxidation sites excluding steroid dienone is 1. The minimum absolute atomic E-state index is 0.00209. The summed E-state index contributed by atoms with van der Waals surface area (Å²) in [6, 6.07) is 22.3. The maximum absolute atomic E-state index is 12.5. The first-order valence-corrected chi connectivity index (χ1v) is 9.20. The van der Waals surface area contributed by atoms with Crippen molar-refractivity contribution in [3.8, 4) is 17.1 Å². The molecule has 4 heteroatoms. The van der Waals surface area contributed by atoms with E-state index in [4.69, 9.17) is 4.42 Å². The highest BCUT2D eigenvalue weighted by Crippen LogP contribution is 2.29. The van der Waals surface area contributed by atoms with Gasteiger partial charge in [-0.3, -0.25) is 4.79 Å². The fourth-order valence-corrected chi connectivity index (χ4v) is 3.18. The number of fused-ring (bicyclic) bond motifs is 1. The lowest BCUT2D eigenvalue weighted by Crippen LogP contribution is -1.95. The van der Waals surface area contributed by atoms with Crippen LogP contribution in [0.4, 0.5) is 0 Å². The second kappa shape index (κ2) is 7.25. The van der Waals surface area contributed by atoms with Gasteiger partial charge in [0.15, 0.2) is 5.78 Å². The van der Waals surface area contributed by atoms with Crippen molar-refractivity contribution in [1.29, 1.82) is 0 Å². The molecule has 4 aromatic rings. The number of furan rings is 1. The van der Waals surface area contributed by atoms with Crippen LogP contribution in [0, 0.1) is 0 Å². The summed E-state index contributed by atoms with van der Waals surface area (Å²) in [6.45, 7) is 0. The van der Waals surface area contributed by atoms with Gasteiger partial charge in [-0.2, -0.15) is 0 Å². The zero-order valence-corrected chi connectivity index (χ0v) is 15.8. The topological polar surface area (TPSA) is 50.4 Å². The molecule has 1 heterocycles. The summed E-state index contributed by atoms with van der Waals surface area (Å²) in [5.41, 5.74) is 1.22. The summed E-state index contributed by atoms with van der Waals surface area (Å²) in [6.07, 6.45) is 3.02. The van der Waals surface area contributed by atoms with Crippen LogP contribution in [0.15, 0.2) is 87.8 Å². The predicted molar refractivity (Wildman–Crippen MR) is 111 cm³/mol. The van der Waals surface area contributed by atoms with E-state index in [1.54, 1.807) is 24.3 Å². The van der Waals surface area contributed by atoms with Crippen molar-refractivity contribution in [3.05, 3.63) is 94.7 Å². The quantitative estimate of drug-likeness (QED) is 0.305. The minimum atomic E-state index is -0.278. The van der Waals surface area contributed by atoms with Crippen molar-refractivity contribution in [3.63, 3.8) is 0 Å². The van der Waals surface area contributed by atoms with E-state index in [0.717, 1.165) is 21.2 Å².